The molecule has 0 unspecified atom stereocenters. The first kappa shape index (κ1) is 24.5. The first-order valence-corrected chi connectivity index (χ1v) is 11.7. The molecule has 0 spiro atoms. The van der Waals surface area contributed by atoms with Crippen molar-refractivity contribution in [3.8, 4) is 0 Å². The van der Waals surface area contributed by atoms with E-state index in [1.807, 2.05) is 43.9 Å². The molecule has 7 heteroatoms. The standard InChI is InChI=1S/C25H40N4O3/c1-23(2,3)25(19-28(24(4,5)6)16-17-29(25)22(31)32)21(30)27-14-12-26(13-15-27)18-20-10-8-7-9-11-20/h7-11H,12-19H2,1-6H3,(H,31,32)/t25-/m1/s1. The Bertz CT molecular complexity index is 807. The molecule has 2 heterocycles. The summed E-state index contributed by atoms with van der Waals surface area (Å²) < 4.78 is 0. The molecule has 3 rings (SSSR count). The number of nitrogens with zero attached hydrogens (tertiary/aromatic N) is 4. The lowest BCUT2D eigenvalue weighted by Gasteiger charge is -2.58. The van der Waals surface area contributed by atoms with Crippen LogP contribution >= 0.6 is 0 Å². The molecule has 7 nitrogen and oxygen atoms in total. The van der Waals surface area contributed by atoms with Crippen LogP contribution in [0.4, 0.5) is 4.79 Å². The van der Waals surface area contributed by atoms with Crippen LogP contribution in [0.15, 0.2) is 30.3 Å². The van der Waals surface area contributed by atoms with Gasteiger partial charge in [-0.15, -0.1) is 0 Å². The summed E-state index contributed by atoms with van der Waals surface area (Å²) in [4.78, 5) is 34.4. The van der Waals surface area contributed by atoms with Gasteiger partial charge in [0.1, 0.15) is 5.54 Å². The highest BCUT2D eigenvalue weighted by Crippen LogP contribution is 2.42. The van der Waals surface area contributed by atoms with Crippen molar-refractivity contribution < 1.29 is 14.7 Å². The van der Waals surface area contributed by atoms with Gasteiger partial charge in [0, 0.05) is 57.9 Å². The summed E-state index contributed by atoms with van der Waals surface area (Å²) in [6.45, 7) is 17.4. The topological polar surface area (TPSA) is 67.3 Å². The van der Waals surface area contributed by atoms with Gasteiger partial charge in [-0.1, -0.05) is 51.1 Å². The SMILES string of the molecule is CC(C)(C)N1CCN(C(=O)O)[C@](C(=O)N2CCN(Cc3ccccc3)CC2)(C(C)(C)C)C1. The highest BCUT2D eigenvalue weighted by Gasteiger charge is 2.59. The van der Waals surface area contributed by atoms with Crippen LogP contribution in [0.1, 0.15) is 47.1 Å². The van der Waals surface area contributed by atoms with Crippen LogP contribution < -0.4 is 0 Å². The minimum atomic E-state index is -1.12. The molecular formula is C25H40N4O3. The summed E-state index contributed by atoms with van der Waals surface area (Å²) in [5.41, 5.74) is -0.543. The van der Waals surface area contributed by atoms with Gasteiger partial charge in [-0.2, -0.15) is 0 Å². The Kier molecular flexibility index (Phi) is 6.91. The summed E-state index contributed by atoms with van der Waals surface area (Å²) in [7, 11) is 0. The van der Waals surface area contributed by atoms with E-state index in [1.165, 1.54) is 10.5 Å². The maximum atomic E-state index is 14.1. The van der Waals surface area contributed by atoms with E-state index in [2.05, 4.69) is 42.7 Å². The summed E-state index contributed by atoms with van der Waals surface area (Å²) in [5.74, 6) is -0.0549. The fourth-order valence-corrected chi connectivity index (χ4v) is 5.04. The third-order valence-corrected chi connectivity index (χ3v) is 7.16. The number of rotatable bonds is 3. The monoisotopic (exact) mass is 444 g/mol. The second-order valence-corrected chi connectivity index (χ2v) is 11.2. The Balaban J connectivity index is 1.83. The summed E-state index contributed by atoms with van der Waals surface area (Å²) in [5, 5.41) is 10.1. The smallest absolute Gasteiger partial charge is 0.408 e. The highest BCUT2D eigenvalue weighted by molar-refractivity contribution is 5.91. The summed E-state index contributed by atoms with van der Waals surface area (Å²) >= 11 is 0. The molecule has 2 saturated heterocycles. The number of amides is 2. The average molecular weight is 445 g/mol. The third-order valence-electron chi connectivity index (χ3n) is 7.16. The van der Waals surface area contributed by atoms with Crippen LogP contribution in [0.3, 0.4) is 0 Å². The van der Waals surface area contributed by atoms with E-state index in [0.717, 1.165) is 19.6 Å². The van der Waals surface area contributed by atoms with Crippen molar-refractivity contribution in [2.75, 3.05) is 45.8 Å². The normalized spacial score (nSPS) is 23.9. The van der Waals surface area contributed by atoms with E-state index in [0.29, 0.717) is 32.7 Å². The van der Waals surface area contributed by atoms with Crippen molar-refractivity contribution in [1.29, 1.82) is 0 Å². The third kappa shape index (κ3) is 4.79. The molecule has 1 aromatic carbocycles. The molecule has 0 bridgehead atoms. The number of benzene rings is 1. The van der Waals surface area contributed by atoms with Crippen molar-refractivity contribution in [2.45, 2.75) is 59.2 Å². The van der Waals surface area contributed by atoms with Crippen molar-refractivity contribution in [1.82, 2.24) is 19.6 Å². The van der Waals surface area contributed by atoms with Gasteiger partial charge in [0.25, 0.3) is 5.91 Å². The molecule has 1 atom stereocenters. The molecule has 0 aliphatic carbocycles. The van der Waals surface area contributed by atoms with Crippen molar-refractivity contribution >= 4 is 12.0 Å². The van der Waals surface area contributed by atoms with E-state index in [-0.39, 0.29) is 11.4 Å². The van der Waals surface area contributed by atoms with E-state index in [1.54, 1.807) is 0 Å². The van der Waals surface area contributed by atoms with Crippen LogP contribution in [-0.4, -0.2) is 93.6 Å². The molecule has 32 heavy (non-hydrogen) atoms. The lowest BCUT2D eigenvalue weighted by atomic mass is 9.69. The van der Waals surface area contributed by atoms with Gasteiger partial charge >= 0.3 is 6.09 Å². The van der Waals surface area contributed by atoms with Gasteiger partial charge < -0.3 is 10.0 Å². The van der Waals surface area contributed by atoms with Crippen molar-refractivity contribution in [2.24, 2.45) is 5.41 Å². The largest absolute Gasteiger partial charge is 0.465 e. The molecule has 0 aromatic heterocycles. The second kappa shape index (κ2) is 9.02. The maximum Gasteiger partial charge on any atom is 0.408 e. The van der Waals surface area contributed by atoms with Gasteiger partial charge in [0.05, 0.1) is 0 Å². The average Bonchev–Trinajstić information content (AvgIpc) is 2.72. The zero-order valence-electron chi connectivity index (χ0n) is 20.6. The van der Waals surface area contributed by atoms with Crippen molar-refractivity contribution in [3.63, 3.8) is 0 Å². The van der Waals surface area contributed by atoms with Gasteiger partial charge in [0.15, 0.2) is 0 Å². The fourth-order valence-electron chi connectivity index (χ4n) is 5.04. The van der Waals surface area contributed by atoms with E-state index in [9.17, 15) is 14.7 Å². The van der Waals surface area contributed by atoms with E-state index < -0.39 is 17.0 Å². The Morgan fingerprint density at radius 1 is 0.906 bits per heavy atom. The fraction of sp³-hybridized carbons (Fsp3) is 0.680. The minimum Gasteiger partial charge on any atom is -0.465 e. The molecule has 2 fully saturated rings. The number of hydrogen-bond donors (Lipinski definition) is 1. The lowest BCUT2D eigenvalue weighted by Crippen LogP contribution is -2.76. The number of carbonyl (C=O) groups is 2. The van der Waals surface area contributed by atoms with Crippen LogP contribution in [0.2, 0.25) is 0 Å². The Morgan fingerprint density at radius 3 is 2.00 bits per heavy atom. The minimum absolute atomic E-state index is 0.0549. The Labute approximate surface area is 193 Å². The Hall–Kier alpha value is -2.12. The van der Waals surface area contributed by atoms with Gasteiger partial charge in [-0.3, -0.25) is 19.5 Å². The predicted molar refractivity (Wildman–Crippen MR) is 127 cm³/mol. The molecular weight excluding hydrogens is 404 g/mol. The number of piperazine rings is 2. The molecule has 1 aromatic rings. The molecule has 178 valence electrons. The highest BCUT2D eigenvalue weighted by atomic mass is 16.4. The zero-order valence-corrected chi connectivity index (χ0v) is 20.6. The molecule has 0 saturated carbocycles. The molecule has 2 aliphatic rings. The first-order valence-electron chi connectivity index (χ1n) is 11.7. The van der Waals surface area contributed by atoms with E-state index in [4.69, 9.17) is 0 Å². The zero-order chi connectivity index (χ0) is 23.7. The maximum absolute atomic E-state index is 14.1. The number of carbonyl (C=O) groups excluding carboxylic acids is 1. The number of hydrogen-bond acceptors (Lipinski definition) is 4. The predicted octanol–water partition coefficient (Wildman–Crippen LogP) is 3.21. The Morgan fingerprint density at radius 2 is 1.50 bits per heavy atom. The van der Waals surface area contributed by atoms with Gasteiger partial charge in [-0.25, -0.2) is 4.79 Å². The molecule has 2 amide bonds. The van der Waals surface area contributed by atoms with Crippen LogP contribution in [0, 0.1) is 5.41 Å². The van der Waals surface area contributed by atoms with Crippen LogP contribution in [0.25, 0.3) is 0 Å². The second-order valence-electron chi connectivity index (χ2n) is 11.2. The number of carboxylic acid groups (broad SMARTS) is 1. The molecule has 1 N–H and O–H groups in total. The van der Waals surface area contributed by atoms with Gasteiger partial charge in [-0.05, 0) is 31.7 Å². The van der Waals surface area contributed by atoms with Crippen LogP contribution in [-0.2, 0) is 11.3 Å². The van der Waals surface area contributed by atoms with Crippen LogP contribution in [0.5, 0.6) is 0 Å². The van der Waals surface area contributed by atoms with E-state index >= 15 is 0 Å². The summed E-state index contributed by atoms with van der Waals surface area (Å²) in [6, 6.07) is 10.4. The first-order chi connectivity index (χ1) is 14.9. The van der Waals surface area contributed by atoms with Crippen molar-refractivity contribution in [3.05, 3.63) is 35.9 Å². The summed E-state index contributed by atoms with van der Waals surface area (Å²) in [6.07, 6.45) is -1.01. The quantitative estimate of drug-likeness (QED) is 0.775. The lowest BCUT2D eigenvalue weighted by molar-refractivity contribution is -0.162. The van der Waals surface area contributed by atoms with Gasteiger partial charge in [0.2, 0.25) is 0 Å². The molecule has 2 aliphatic heterocycles. The molecule has 0 radical (unpaired) electrons.